The summed E-state index contributed by atoms with van der Waals surface area (Å²) >= 11 is 4.92. The Bertz CT molecular complexity index is 799. The maximum atomic E-state index is 12.0. The van der Waals surface area contributed by atoms with Gasteiger partial charge in [0.2, 0.25) is 5.91 Å². The van der Waals surface area contributed by atoms with E-state index >= 15 is 0 Å². The van der Waals surface area contributed by atoms with E-state index in [0.29, 0.717) is 30.1 Å². The molecule has 1 heterocycles. The molecule has 0 fully saturated rings. The number of aryl methyl sites for hydroxylation is 2. The Morgan fingerprint density at radius 2 is 2.04 bits per heavy atom. The van der Waals surface area contributed by atoms with Crippen molar-refractivity contribution < 1.29 is 4.79 Å². The van der Waals surface area contributed by atoms with E-state index in [1.807, 2.05) is 13.1 Å². The van der Waals surface area contributed by atoms with Crippen LogP contribution in [0, 0.1) is 6.92 Å². The number of anilines is 1. The number of carbonyl (C=O) groups excluding carboxylic acids is 1. The molecule has 1 aromatic carbocycles. The van der Waals surface area contributed by atoms with Crippen LogP contribution in [-0.2, 0) is 11.3 Å². The normalized spacial score (nSPS) is 10.4. The third-order valence-electron chi connectivity index (χ3n) is 3.62. The summed E-state index contributed by atoms with van der Waals surface area (Å²) in [5, 5.41) is 2.83. The molecule has 0 spiro atoms. The molecule has 0 saturated carbocycles. The molecule has 0 saturated heterocycles. The van der Waals surface area contributed by atoms with E-state index in [2.05, 4.69) is 5.32 Å². The Hall–Kier alpha value is -2.47. The Kier molecular flexibility index (Phi) is 6.26. The van der Waals surface area contributed by atoms with Gasteiger partial charge in [-0.05, 0) is 37.5 Å². The van der Waals surface area contributed by atoms with Crippen LogP contribution in [-0.4, -0.2) is 15.5 Å². The van der Waals surface area contributed by atoms with E-state index in [0.717, 1.165) is 17.5 Å². The maximum absolute atomic E-state index is 12.0. The second-order valence-electron chi connectivity index (χ2n) is 5.69. The van der Waals surface area contributed by atoms with Gasteiger partial charge in [-0.2, -0.15) is 0 Å². The van der Waals surface area contributed by atoms with Crippen LogP contribution in [0.5, 0.6) is 0 Å². The van der Waals surface area contributed by atoms with Crippen molar-refractivity contribution >= 4 is 28.8 Å². The summed E-state index contributed by atoms with van der Waals surface area (Å²) in [5.41, 5.74) is 8.02. The summed E-state index contributed by atoms with van der Waals surface area (Å²) < 4.78 is 1.68. The van der Waals surface area contributed by atoms with Crippen molar-refractivity contribution in [2.45, 2.75) is 32.7 Å². The highest BCUT2D eigenvalue weighted by Gasteiger charge is 2.04. The molecule has 0 radical (unpaired) electrons. The van der Waals surface area contributed by atoms with Crippen LogP contribution < -0.4 is 16.6 Å². The number of nitrogens with one attached hydrogen (secondary N) is 1. The van der Waals surface area contributed by atoms with Gasteiger partial charge in [-0.1, -0.05) is 30.4 Å². The van der Waals surface area contributed by atoms with Crippen molar-refractivity contribution in [2.75, 3.05) is 5.32 Å². The maximum Gasteiger partial charge on any atom is 0.250 e. The topological polar surface area (TPSA) is 77.1 Å². The van der Waals surface area contributed by atoms with E-state index < -0.39 is 0 Å². The molecule has 1 aromatic heterocycles. The summed E-state index contributed by atoms with van der Waals surface area (Å²) in [4.78, 5) is 24.0. The first kappa shape index (κ1) is 17.9. The third kappa shape index (κ3) is 5.31. The van der Waals surface area contributed by atoms with Gasteiger partial charge in [0.05, 0.1) is 0 Å². The molecular formula is C18H21N3O2S. The molecule has 1 amide bonds. The number of hydrogen-bond donors (Lipinski definition) is 2. The van der Waals surface area contributed by atoms with E-state index in [9.17, 15) is 9.59 Å². The molecular weight excluding hydrogens is 322 g/mol. The number of nitrogens with two attached hydrogens (primary N) is 1. The quantitative estimate of drug-likeness (QED) is 0.598. The first-order valence-electron chi connectivity index (χ1n) is 7.82. The second kappa shape index (κ2) is 8.40. The molecule has 0 aliphatic carbocycles. The Morgan fingerprint density at radius 1 is 1.25 bits per heavy atom. The lowest BCUT2D eigenvalue weighted by atomic mass is 10.2. The first-order chi connectivity index (χ1) is 11.5. The fourth-order valence-corrected chi connectivity index (χ4v) is 2.49. The van der Waals surface area contributed by atoms with Gasteiger partial charge in [-0.25, -0.2) is 0 Å². The summed E-state index contributed by atoms with van der Waals surface area (Å²) in [6.07, 6.45) is 3.71. The Labute approximate surface area is 146 Å². The molecule has 0 atom stereocenters. The van der Waals surface area contributed by atoms with E-state index in [1.165, 1.54) is 0 Å². The van der Waals surface area contributed by atoms with Crippen LogP contribution in [0.15, 0.2) is 47.4 Å². The number of unbranched alkanes of at least 4 members (excludes halogenated alkanes) is 1. The molecule has 6 heteroatoms. The lowest BCUT2D eigenvalue weighted by Crippen LogP contribution is -2.19. The van der Waals surface area contributed by atoms with Gasteiger partial charge in [0.25, 0.3) is 5.56 Å². The van der Waals surface area contributed by atoms with E-state index in [-0.39, 0.29) is 11.5 Å². The predicted octanol–water partition coefficient (Wildman–Crippen LogP) is 2.60. The molecule has 5 nitrogen and oxygen atoms in total. The highest BCUT2D eigenvalue weighted by molar-refractivity contribution is 7.80. The molecule has 0 bridgehead atoms. The third-order valence-corrected chi connectivity index (χ3v) is 3.85. The molecule has 0 unspecified atom stereocenters. The molecule has 0 aliphatic heterocycles. The number of carbonyl (C=O) groups is 1. The minimum atomic E-state index is -0.0633. The Morgan fingerprint density at radius 3 is 2.79 bits per heavy atom. The smallest absolute Gasteiger partial charge is 0.250 e. The number of rotatable bonds is 7. The van der Waals surface area contributed by atoms with Crippen molar-refractivity contribution in [2.24, 2.45) is 5.73 Å². The molecule has 24 heavy (non-hydrogen) atoms. The number of hydrogen-bond acceptors (Lipinski definition) is 3. The molecule has 0 aliphatic rings. The lowest BCUT2D eigenvalue weighted by Gasteiger charge is -2.08. The van der Waals surface area contributed by atoms with Crippen molar-refractivity contribution in [1.29, 1.82) is 0 Å². The number of benzene rings is 1. The molecule has 2 aromatic rings. The fourth-order valence-electron chi connectivity index (χ4n) is 2.37. The van der Waals surface area contributed by atoms with Gasteiger partial charge in [0.15, 0.2) is 0 Å². The van der Waals surface area contributed by atoms with Crippen LogP contribution in [0.1, 0.15) is 30.4 Å². The van der Waals surface area contributed by atoms with Gasteiger partial charge in [0, 0.05) is 36.5 Å². The predicted molar refractivity (Wildman–Crippen MR) is 100 cm³/mol. The number of pyridine rings is 1. The molecule has 2 rings (SSSR count). The van der Waals surface area contributed by atoms with Gasteiger partial charge in [-0.15, -0.1) is 0 Å². The van der Waals surface area contributed by atoms with Crippen molar-refractivity contribution in [3.8, 4) is 0 Å². The summed E-state index contributed by atoms with van der Waals surface area (Å²) in [6, 6.07) is 10.5. The first-order valence-corrected chi connectivity index (χ1v) is 8.23. The van der Waals surface area contributed by atoms with Gasteiger partial charge in [0.1, 0.15) is 4.99 Å². The minimum absolute atomic E-state index is 0.0142. The number of thiocarbonyl (C=S) groups is 1. The summed E-state index contributed by atoms with van der Waals surface area (Å²) in [5.74, 6) is -0.0633. The minimum Gasteiger partial charge on any atom is -0.389 e. The van der Waals surface area contributed by atoms with E-state index in [4.69, 9.17) is 18.0 Å². The monoisotopic (exact) mass is 343 g/mol. The SMILES string of the molecule is Cc1ccc(=O)n(CCCCC(=O)Nc2cccc(C(N)=S)c2)c1. The second-order valence-corrected chi connectivity index (χ2v) is 6.13. The number of aromatic nitrogens is 1. The number of nitrogens with zero attached hydrogens (tertiary/aromatic N) is 1. The van der Waals surface area contributed by atoms with Gasteiger partial charge >= 0.3 is 0 Å². The van der Waals surface area contributed by atoms with Gasteiger partial charge < -0.3 is 15.6 Å². The standard InChI is InChI=1S/C18H21N3O2S/c1-13-8-9-17(23)21(12-13)10-3-2-7-16(22)20-15-6-4-5-14(11-15)18(19)24/h4-6,8-9,11-12H,2-3,7,10H2,1H3,(H2,19,24)(H,20,22). The molecule has 3 N–H and O–H groups in total. The lowest BCUT2D eigenvalue weighted by molar-refractivity contribution is -0.116. The van der Waals surface area contributed by atoms with Crippen molar-refractivity contribution in [3.05, 3.63) is 64.1 Å². The average Bonchev–Trinajstić information content (AvgIpc) is 2.55. The molecule has 126 valence electrons. The van der Waals surface area contributed by atoms with Crippen LogP contribution in [0.2, 0.25) is 0 Å². The van der Waals surface area contributed by atoms with E-state index in [1.54, 1.807) is 41.0 Å². The van der Waals surface area contributed by atoms with Crippen LogP contribution in [0.3, 0.4) is 0 Å². The van der Waals surface area contributed by atoms with Crippen molar-refractivity contribution in [1.82, 2.24) is 4.57 Å². The summed E-state index contributed by atoms with van der Waals surface area (Å²) in [6.45, 7) is 2.56. The largest absolute Gasteiger partial charge is 0.389 e. The Balaban J connectivity index is 1.79. The zero-order valence-corrected chi connectivity index (χ0v) is 14.4. The van der Waals surface area contributed by atoms with Gasteiger partial charge in [-0.3, -0.25) is 9.59 Å². The zero-order valence-electron chi connectivity index (χ0n) is 13.6. The highest BCUT2D eigenvalue weighted by atomic mass is 32.1. The highest BCUT2D eigenvalue weighted by Crippen LogP contribution is 2.11. The van der Waals surface area contributed by atoms with Crippen LogP contribution in [0.25, 0.3) is 0 Å². The fraction of sp³-hybridized carbons (Fsp3) is 0.278. The van der Waals surface area contributed by atoms with Crippen LogP contribution >= 0.6 is 12.2 Å². The van der Waals surface area contributed by atoms with Crippen molar-refractivity contribution in [3.63, 3.8) is 0 Å². The average molecular weight is 343 g/mol. The number of amides is 1. The van der Waals surface area contributed by atoms with Crippen LogP contribution in [0.4, 0.5) is 5.69 Å². The summed E-state index contributed by atoms with van der Waals surface area (Å²) in [7, 11) is 0. The zero-order chi connectivity index (χ0) is 17.5.